The number of hydrogen-bond donors (Lipinski definition) is 1. The summed E-state index contributed by atoms with van der Waals surface area (Å²) in [5, 5.41) is 13.1. The molecular weight excluding hydrogens is 308 g/mol. The molecule has 4 nitrogen and oxygen atoms in total. The summed E-state index contributed by atoms with van der Waals surface area (Å²) in [6.45, 7) is 0.997. The second-order valence-electron chi connectivity index (χ2n) is 6.38. The summed E-state index contributed by atoms with van der Waals surface area (Å²) in [5.41, 5.74) is 2.27. The SMILES string of the molecule is C[NH+](Cc1cccc(-c2nc(C(=O)[O-])cs2)c1)C1CCCCC1. The molecule has 1 aromatic heterocycles. The number of carbonyl (C=O) groups excluding carboxylic acids is 1. The maximum Gasteiger partial charge on any atom is 0.124 e. The van der Waals surface area contributed by atoms with Crippen LogP contribution in [-0.4, -0.2) is 24.0 Å². The fraction of sp³-hybridized carbons (Fsp3) is 0.444. The van der Waals surface area contributed by atoms with Gasteiger partial charge in [0.1, 0.15) is 11.6 Å². The van der Waals surface area contributed by atoms with E-state index in [1.165, 1.54) is 54.4 Å². The van der Waals surface area contributed by atoms with Gasteiger partial charge < -0.3 is 14.8 Å². The Labute approximate surface area is 140 Å². The fourth-order valence-electron chi connectivity index (χ4n) is 3.38. The summed E-state index contributed by atoms with van der Waals surface area (Å²) >= 11 is 1.35. The van der Waals surface area contributed by atoms with E-state index in [4.69, 9.17) is 0 Å². The van der Waals surface area contributed by atoms with Crippen LogP contribution in [0.4, 0.5) is 0 Å². The average molecular weight is 330 g/mol. The number of nitrogens with zero attached hydrogens (tertiary/aromatic N) is 1. The molecule has 1 fully saturated rings. The van der Waals surface area contributed by atoms with Crippen molar-refractivity contribution in [3.05, 3.63) is 40.9 Å². The molecule has 0 amide bonds. The Morgan fingerprint density at radius 2 is 2.13 bits per heavy atom. The van der Waals surface area contributed by atoms with Crippen LogP contribution in [0.5, 0.6) is 0 Å². The molecule has 1 unspecified atom stereocenters. The quantitative estimate of drug-likeness (QED) is 0.904. The van der Waals surface area contributed by atoms with Crippen molar-refractivity contribution in [3.63, 3.8) is 0 Å². The van der Waals surface area contributed by atoms with Gasteiger partial charge in [-0.15, -0.1) is 11.3 Å². The summed E-state index contributed by atoms with van der Waals surface area (Å²) in [5.74, 6) is -1.22. The molecule has 2 aromatic rings. The molecule has 0 radical (unpaired) electrons. The summed E-state index contributed by atoms with van der Waals surface area (Å²) in [6, 6.07) is 9.04. The highest BCUT2D eigenvalue weighted by Gasteiger charge is 2.21. The number of aromatic carboxylic acids is 1. The number of rotatable bonds is 5. The van der Waals surface area contributed by atoms with Crippen molar-refractivity contribution in [2.75, 3.05) is 7.05 Å². The van der Waals surface area contributed by atoms with E-state index in [-0.39, 0.29) is 5.69 Å². The minimum atomic E-state index is -1.22. The number of quaternary nitrogens is 1. The molecule has 1 aliphatic carbocycles. The Hall–Kier alpha value is -1.72. The van der Waals surface area contributed by atoms with E-state index in [1.54, 1.807) is 4.90 Å². The molecular formula is C18H22N2O2S. The van der Waals surface area contributed by atoms with E-state index in [0.29, 0.717) is 0 Å². The zero-order valence-electron chi connectivity index (χ0n) is 13.4. The molecule has 0 spiro atoms. The van der Waals surface area contributed by atoms with E-state index in [2.05, 4.69) is 24.2 Å². The van der Waals surface area contributed by atoms with Crippen LogP contribution in [0.25, 0.3) is 10.6 Å². The van der Waals surface area contributed by atoms with Crippen molar-refractivity contribution in [1.29, 1.82) is 0 Å². The summed E-state index contributed by atoms with van der Waals surface area (Å²) < 4.78 is 0. The molecule has 0 saturated heterocycles. The monoisotopic (exact) mass is 330 g/mol. The predicted molar refractivity (Wildman–Crippen MR) is 89.3 cm³/mol. The Morgan fingerprint density at radius 3 is 2.83 bits per heavy atom. The van der Waals surface area contributed by atoms with Gasteiger partial charge in [-0.2, -0.15) is 0 Å². The Balaban J connectivity index is 1.72. The first-order chi connectivity index (χ1) is 11.1. The van der Waals surface area contributed by atoms with Crippen LogP contribution in [0.1, 0.15) is 48.2 Å². The molecule has 1 saturated carbocycles. The lowest BCUT2D eigenvalue weighted by atomic mass is 9.94. The van der Waals surface area contributed by atoms with E-state index < -0.39 is 5.97 Å². The Morgan fingerprint density at radius 1 is 1.35 bits per heavy atom. The van der Waals surface area contributed by atoms with Crippen molar-refractivity contribution < 1.29 is 14.8 Å². The van der Waals surface area contributed by atoms with Gasteiger partial charge in [-0.05, 0) is 31.7 Å². The molecule has 1 atom stereocenters. The standard InChI is InChI=1S/C18H22N2O2S/c1-20(15-8-3-2-4-9-15)11-13-6-5-7-14(10-13)17-19-16(12-23-17)18(21)22/h5-7,10,12,15H,2-4,8-9,11H2,1H3,(H,21,22). The predicted octanol–water partition coefficient (Wildman–Crippen LogP) is 1.52. The van der Waals surface area contributed by atoms with Gasteiger partial charge in [0, 0.05) is 16.5 Å². The molecule has 3 rings (SSSR count). The number of nitrogens with one attached hydrogen (secondary N) is 1. The third-order valence-electron chi connectivity index (χ3n) is 4.67. The van der Waals surface area contributed by atoms with E-state index in [1.807, 2.05) is 12.1 Å². The van der Waals surface area contributed by atoms with Crippen molar-refractivity contribution in [3.8, 4) is 10.6 Å². The van der Waals surface area contributed by atoms with Crippen molar-refractivity contribution in [1.82, 2.24) is 4.98 Å². The van der Waals surface area contributed by atoms with Gasteiger partial charge in [0.25, 0.3) is 0 Å². The number of hydrogen-bond acceptors (Lipinski definition) is 4. The van der Waals surface area contributed by atoms with Gasteiger partial charge >= 0.3 is 0 Å². The lowest BCUT2D eigenvalue weighted by Crippen LogP contribution is -3.11. The van der Waals surface area contributed by atoms with Crippen molar-refractivity contribution >= 4 is 17.3 Å². The third kappa shape index (κ3) is 3.98. The van der Waals surface area contributed by atoms with Gasteiger partial charge in [-0.3, -0.25) is 0 Å². The number of benzene rings is 1. The molecule has 1 N–H and O–H groups in total. The molecule has 23 heavy (non-hydrogen) atoms. The molecule has 122 valence electrons. The molecule has 0 aliphatic heterocycles. The average Bonchev–Trinajstić information content (AvgIpc) is 3.06. The first-order valence-electron chi connectivity index (χ1n) is 8.22. The van der Waals surface area contributed by atoms with Crippen molar-refractivity contribution in [2.45, 2.75) is 44.7 Å². The second-order valence-corrected chi connectivity index (χ2v) is 7.24. The lowest BCUT2D eigenvalue weighted by Gasteiger charge is -2.28. The number of aromatic nitrogens is 1. The highest BCUT2D eigenvalue weighted by molar-refractivity contribution is 7.13. The molecule has 0 bridgehead atoms. The summed E-state index contributed by atoms with van der Waals surface area (Å²) in [7, 11) is 2.28. The highest BCUT2D eigenvalue weighted by atomic mass is 32.1. The number of carboxylic acid groups (broad SMARTS) is 1. The zero-order valence-corrected chi connectivity index (χ0v) is 14.2. The number of carbonyl (C=O) groups is 1. The maximum atomic E-state index is 10.9. The van der Waals surface area contributed by atoms with Gasteiger partial charge in [0.15, 0.2) is 0 Å². The number of thiazole rings is 1. The Bertz CT molecular complexity index is 677. The fourth-order valence-corrected chi connectivity index (χ4v) is 4.16. The van der Waals surface area contributed by atoms with E-state index in [0.717, 1.165) is 23.2 Å². The smallest absolute Gasteiger partial charge is 0.124 e. The van der Waals surface area contributed by atoms with Gasteiger partial charge in [-0.25, -0.2) is 4.98 Å². The number of carboxylic acids is 1. The topological polar surface area (TPSA) is 57.5 Å². The minimum Gasteiger partial charge on any atom is -0.543 e. The molecule has 5 heteroatoms. The van der Waals surface area contributed by atoms with Gasteiger partial charge in [0.05, 0.1) is 24.8 Å². The van der Waals surface area contributed by atoms with Crippen LogP contribution >= 0.6 is 11.3 Å². The van der Waals surface area contributed by atoms with E-state index >= 15 is 0 Å². The van der Waals surface area contributed by atoms with E-state index in [9.17, 15) is 9.90 Å². The molecule has 1 heterocycles. The van der Waals surface area contributed by atoms with Crippen LogP contribution < -0.4 is 10.0 Å². The lowest BCUT2D eigenvalue weighted by molar-refractivity contribution is -0.921. The van der Waals surface area contributed by atoms with Gasteiger partial charge in [0.2, 0.25) is 0 Å². The third-order valence-corrected chi connectivity index (χ3v) is 5.56. The zero-order chi connectivity index (χ0) is 16.2. The van der Waals surface area contributed by atoms with Gasteiger partial charge in [-0.1, -0.05) is 24.6 Å². The second kappa shape index (κ2) is 7.23. The molecule has 1 aliphatic rings. The first kappa shape index (κ1) is 16.1. The van der Waals surface area contributed by atoms with Crippen LogP contribution in [0.3, 0.4) is 0 Å². The van der Waals surface area contributed by atoms with Crippen LogP contribution in [0.15, 0.2) is 29.6 Å². The van der Waals surface area contributed by atoms with Crippen LogP contribution in [-0.2, 0) is 6.54 Å². The largest absolute Gasteiger partial charge is 0.543 e. The molecule has 1 aromatic carbocycles. The maximum absolute atomic E-state index is 10.9. The summed E-state index contributed by atoms with van der Waals surface area (Å²) in [4.78, 5) is 16.6. The Kier molecular flexibility index (Phi) is 5.08. The minimum absolute atomic E-state index is 0.0142. The normalized spacial score (nSPS) is 17.1. The van der Waals surface area contributed by atoms with Crippen LogP contribution in [0, 0.1) is 0 Å². The van der Waals surface area contributed by atoms with Crippen molar-refractivity contribution in [2.24, 2.45) is 0 Å². The first-order valence-corrected chi connectivity index (χ1v) is 9.10. The highest BCUT2D eigenvalue weighted by Crippen LogP contribution is 2.24. The van der Waals surface area contributed by atoms with Crippen LogP contribution in [0.2, 0.25) is 0 Å². The summed E-state index contributed by atoms with van der Waals surface area (Å²) in [6.07, 6.45) is 6.74.